The molecule has 5 nitrogen and oxygen atoms in total. The smallest absolute Gasteiger partial charge is 0.236 e. The monoisotopic (exact) mass is 337 g/mol. The van der Waals surface area contributed by atoms with E-state index in [-0.39, 0.29) is 11.3 Å². The molecule has 1 aromatic carbocycles. The molecule has 7 heteroatoms. The van der Waals surface area contributed by atoms with Gasteiger partial charge in [0.1, 0.15) is 5.15 Å². The zero-order chi connectivity index (χ0) is 16.5. The molecule has 0 radical (unpaired) electrons. The number of pyridine rings is 1. The molecule has 0 saturated heterocycles. The molecular weight excluding hydrogens is 322 g/mol. The van der Waals surface area contributed by atoms with Crippen molar-refractivity contribution in [3.8, 4) is 6.07 Å². The fourth-order valence-electron chi connectivity index (χ4n) is 2.06. The van der Waals surface area contributed by atoms with Gasteiger partial charge in [-0.15, -0.1) is 0 Å². The van der Waals surface area contributed by atoms with Gasteiger partial charge in [-0.25, -0.2) is 13.4 Å². The third-order valence-corrected chi connectivity index (χ3v) is 5.95. The van der Waals surface area contributed by atoms with Gasteiger partial charge in [0.15, 0.2) is 0 Å². The summed E-state index contributed by atoms with van der Waals surface area (Å²) in [5.74, 6) is 0. The van der Waals surface area contributed by atoms with E-state index in [0.29, 0.717) is 16.1 Å². The lowest BCUT2D eigenvalue weighted by molar-refractivity contribution is 0.393. The van der Waals surface area contributed by atoms with Gasteiger partial charge in [0.25, 0.3) is 0 Å². The highest BCUT2D eigenvalue weighted by Gasteiger charge is 2.25. The largest absolute Gasteiger partial charge is 0.243 e. The lowest BCUT2D eigenvalue weighted by Gasteiger charge is -2.22. The first-order chi connectivity index (χ1) is 10.3. The van der Waals surface area contributed by atoms with Gasteiger partial charge in [-0.3, -0.25) is 0 Å². The Labute approximate surface area is 135 Å². The number of aryl methyl sites for hydroxylation is 1. The van der Waals surface area contributed by atoms with Crippen molar-refractivity contribution in [1.29, 1.82) is 5.26 Å². The van der Waals surface area contributed by atoms with Gasteiger partial charge in [-0.1, -0.05) is 11.6 Å². The lowest BCUT2D eigenvalue weighted by atomic mass is 10.2. The van der Waals surface area contributed by atoms with E-state index in [4.69, 9.17) is 16.9 Å². The summed E-state index contributed by atoms with van der Waals surface area (Å²) in [5.41, 5.74) is 1.43. The lowest BCUT2D eigenvalue weighted by Crippen LogP contribution is -2.34. The Morgan fingerprint density at radius 2 is 2.09 bits per heavy atom. The molecule has 0 aliphatic carbocycles. The molecule has 2 aromatic rings. The number of hydrogen-bond acceptors (Lipinski definition) is 4. The highest BCUT2D eigenvalue weighted by Crippen LogP contribution is 2.25. The molecule has 22 heavy (non-hydrogen) atoms. The molecule has 1 aromatic heterocycles. The van der Waals surface area contributed by atoms with Gasteiger partial charge in [0.2, 0.25) is 10.0 Å². The summed E-state index contributed by atoms with van der Waals surface area (Å²) in [6, 6.07) is 8.12. The second-order valence-electron chi connectivity index (χ2n) is 5.18. The minimum atomic E-state index is -3.65. The van der Waals surface area contributed by atoms with Crippen molar-refractivity contribution in [2.24, 2.45) is 0 Å². The number of fused-ring (bicyclic) bond motifs is 1. The Balaban J connectivity index is 2.50. The molecule has 0 aliphatic rings. The number of benzene rings is 1. The molecule has 0 bridgehead atoms. The number of sulfonamides is 1. The molecule has 0 N–H and O–H groups in total. The summed E-state index contributed by atoms with van der Waals surface area (Å²) in [6.07, 6.45) is 0.138. The van der Waals surface area contributed by atoms with Crippen LogP contribution in [0.5, 0.6) is 0 Å². The summed E-state index contributed by atoms with van der Waals surface area (Å²) in [7, 11) is -2.17. The highest BCUT2D eigenvalue weighted by molar-refractivity contribution is 7.89. The maximum Gasteiger partial charge on any atom is 0.243 e. The van der Waals surface area contributed by atoms with E-state index >= 15 is 0 Å². The number of aromatic nitrogens is 1. The molecule has 0 saturated carbocycles. The van der Waals surface area contributed by atoms with Crippen LogP contribution in [-0.4, -0.2) is 30.8 Å². The standard InChI is InChI=1S/C15H16ClN3O2S/c1-10-8-12-9-13(4-5-14(12)18-15(10)16)22(20,21)19(3)11(2)6-7-17/h4-5,8-9,11H,6H2,1-3H3. The molecule has 1 heterocycles. The Bertz CT molecular complexity index is 859. The van der Waals surface area contributed by atoms with Crippen molar-refractivity contribution >= 4 is 32.5 Å². The van der Waals surface area contributed by atoms with Crippen LogP contribution in [0.1, 0.15) is 18.9 Å². The fourth-order valence-corrected chi connectivity index (χ4v) is 3.60. The Morgan fingerprint density at radius 3 is 2.73 bits per heavy atom. The van der Waals surface area contributed by atoms with Crippen LogP contribution in [0.3, 0.4) is 0 Å². The third kappa shape index (κ3) is 3.07. The summed E-state index contributed by atoms with van der Waals surface area (Å²) in [6.45, 7) is 3.52. The van der Waals surface area contributed by atoms with Gasteiger partial charge in [0.05, 0.1) is 22.9 Å². The normalized spacial score (nSPS) is 13.3. The maximum absolute atomic E-state index is 12.6. The summed E-state index contributed by atoms with van der Waals surface area (Å²) in [5, 5.41) is 9.85. The van der Waals surface area contributed by atoms with E-state index in [0.717, 1.165) is 5.56 Å². The van der Waals surface area contributed by atoms with Crippen LogP contribution >= 0.6 is 11.6 Å². The Hall–Kier alpha value is -1.68. The van der Waals surface area contributed by atoms with Crippen LogP contribution in [0.25, 0.3) is 10.9 Å². The van der Waals surface area contributed by atoms with Crippen molar-refractivity contribution in [3.63, 3.8) is 0 Å². The zero-order valence-electron chi connectivity index (χ0n) is 12.5. The fraction of sp³-hybridized carbons (Fsp3) is 0.333. The highest BCUT2D eigenvalue weighted by atomic mass is 35.5. The number of rotatable bonds is 4. The zero-order valence-corrected chi connectivity index (χ0v) is 14.1. The quantitative estimate of drug-likeness (QED) is 0.803. The number of nitrogens with zero attached hydrogens (tertiary/aromatic N) is 3. The van der Waals surface area contributed by atoms with E-state index in [9.17, 15) is 8.42 Å². The van der Waals surface area contributed by atoms with Crippen molar-refractivity contribution < 1.29 is 8.42 Å². The molecule has 0 fully saturated rings. The predicted molar refractivity (Wildman–Crippen MR) is 86.1 cm³/mol. The summed E-state index contributed by atoms with van der Waals surface area (Å²) < 4.78 is 26.4. The Kier molecular flexibility index (Phi) is 4.71. The number of hydrogen-bond donors (Lipinski definition) is 0. The van der Waals surface area contributed by atoms with Crippen LogP contribution in [-0.2, 0) is 10.0 Å². The summed E-state index contributed by atoms with van der Waals surface area (Å²) >= 11 is 5.98. The first kappa shape index (κ1) is 16.7. The van der Waals surface area contributed by atoms with Crippen molar-refractivity contribution in [2.45, 2.75) is 31.2 Å². The van der Waals surface area contributed by atoms with E-state index < -0.39 is 16.1 Å². The van der Waals surface area contributed by atoms with Gasteiger partial charge in [-0.05, 0) is 43.7 Å². The second kappa shape index (κ2) is 6.21. The van der Waals surface area contributed by atoms with Crippen LogP contribution in [0.15, 0.2) is 29.2 Å². The molecule has 1 unspecified atom stereocenters. The van der Waals surface area contributed by atoms with Crippen molar-refractivity contribution in [3.05, 3.63) is 35.0 Å². The van der Waals surface area contributed by atoms with E-state index in [1.54, 1.807) is 19.1 Å². The Morgan fingerprint density at radius 1 is 1.41 bits per heavy atom. The van der Waals surface area contributed by atoms with Crippen LogP contribution in [0.4, 0.5) is 0 Å². The third-order valence-electron chi connectivity index (χ3n) is 3.60. The SMILES string of the molecule is Cc1cc2cc(S(=O)(=O)N(C)C(C)CC#N)ccc2nc1Cl. The minimum Gasteiger partial charge on any atom is -0.236 e. The first-order valence-electron chi connectivity index (χ1n) is 6.69. The van der Waals surface area contributed by atoms with Crippen LogP contribution < -0.4 is 0 Å². The maximum atomic E-state index is 12.6. The molecule has 116 valence electrons. The molecule has 0 aliphatic heterocycles. The van der Waals surface area contributed by atoms with Gasteiger partial charge >= 0.3 is 0 Å². The van der Waals surface area contributed by atoms with Gasteiger partial charge < -0.3 is 0 Å². The second-order valence-corrected chi connectivity index (χ2v) is 7.54. The summed E-state index contributed by atoms with van der Waals surface area (Å²) in [4.78, 5) is 4.40. The first-order valence-corrected chi connectivity index (χ1v) is 8.51. The molecule has 0 spiro atoms. The molecule has 0 amide bonds. The molecule has 2 rings (SSSR count). The molecular formula is C15H16ClN3O2S. The van der Waals surface area contributed by atoms with E-state index in [1.807, 2.05) is 19.1 Å². The average Bonchev–Trinajstić information content (AvgIpc) is 2.47. The van der Waals surface area contributed by atoms with E-state index in [2.05, 4.69) is 4.98 Å². The van der Waals surface area contributed by atoms with Crippen LogP contribution in [0, 0.1) is 18.3 Å². The minimum absolute atomic E-state index is 0.138. The van der Waals surface area contributed by atoms with Gasteiger partial charge in [-0.2, -0.15) is 9.57 Å². The topological polar surface area (TPSA) is 74.1 Å². The van der Waals surface area contributed by atoms with Gasteiger partial charge in [0, 0.05) is 18.5 Å². The number of halogens is 1. The number of nitriles is 1. The van der Waals surface area contributed by atoms with Crippen LogP contribution in [0.2, 0.25) is 5.15 Å². The van der Waals surface area contributed by atoms with Crippen molar-refractivity contribution in [2.75, 3.05) is 7.05 Å². The van der Waals surface area contributed by atoms with Crippen molar-refractivity contribution in [1.82, 2.24) is 9.29 Å². The average molecular weight is 338 g/mol. The molecule has 1 atom stereocenters. The van der Waals surface area contributed by atoms with E-state index in [1.165, 1.54) is 17.4 Å². The predicted octanol–water partition coefficient (Wildman–Crippen LogP) is 3.12.